The first kappa shape index (κ1) is 19.7. The summed E-state index contributed by atoms with van der Waals surface area (Å²) >= 11 is 0. The second kappa shape index (κ2) is 7.32. The number of rotatable bonds is 4. The minimum atomic E-state index is -3.80. The van der Waals surface area contributed by atoms with Gasteiger partial charge in [0.1, 0.15) is 6.04 Å². The molecule has 29 heavy (non-hydrogen) atoms. The molecule has 0 radical (unpaired) electrons. The van der Waals surface area contributed by atoms with Gasteiger partial charge >= 0.3 is 0 Å². The molecule has 0 spiro atoms. The van der Waals surface area contributed by atoms with Gasteiger partial charge in [-0.1, -0.05) is 6.07 Å². The van der Waals surface area contributed by atoms with Gasteiger partial charge in [0.15, 0.2) is 11.5 Å². The van der Waals surface area contributed by atoms with Gasteiger partial charge < -0.3 is 14.8 Å². The van der Waals surface area contributed by atoms with Crippen molar-refractivity contribution in [1.29, 1.82) is 0 Å². The van der Waals surface area contributed by atoms with Crippen LogP contribution in [0.2, 0.25) is 0 Å². The van der Waals surface area contributed by atoms with Gasteiger partial charge in [-0.25, -0.2) is 0 Å². The van der Waals surface area contributed by atoms with Gasteiger partial charge in [-0.15, -0.1) is 0 Å². The lowest BCUT2D eigenvalue weighted by Crippen LogP contribution is -2.57. The van der Waals surface area contributed by atoms with Crippen LogP contribution in [0, 0.1) is 6.92 Å². The van der Waals surface area contributed by atoms with E-state index in [4.69, 9.17) is 9.47 Å². The van der Waals surface area contributed by atoms with Crippen molar-refractivity contribution >= 4 is 16.1 Å². The average molecular weight is 421 g/mol. The summed E-state index contributed by atoms with van der Waals surface area (Å²) in [4.78, 5) is 12.8. The number of aryl methyl sites for hydroxylation is 1. The van der Waals surface area contributed by atoms with Crippen molar-refractivity contribution in [2.24, 2.45) is 7.05 Å². The Bertz CT molecular complexity index is 1050. The number of benzene rings is 1. The van der Waals surface area contributed by atoms with Crippen molar-refractivity contribution in [2.75, 3.05) is 13.8 Å². The second-order valence-corrected chi connectivity index (χ2v) is 8.92. The van der Waals surface area contributed by atoms with Gasteiger partial charge in [0, 0.05) is 31.9 Å². The third-order valence-electron chi connectivity index (χ3n) is 5.42. The van der Waals surface area contributed by atoms with Gasteiger partial charge in [0.25, 0.3) is 10.2 Å². The Kier molecular flexibility index (Phi) is 4.97. The molecule has 4 rings (SSSR count). The third kappa shape index (κ3) is 3.68. The largest absolute Gasteiger partial charge is 0.454 e. The number of nitrogens with one attached hydrogen (secondary N) is 2. The molecule has 11 heteroatoms. The SMILES string of the molecule is Cc1c(C2CC(C(=O)NCc3ccc4c(c3)OCO4)N(C)S(=O)(=O)N2)cnn1C. The lowest BCUT2D eigenvalue weighted by atomic mass is 10.00. The molecule has 2 aliphatic rings. The van der Waals surface area contributed by atoms with E-state index in [1.54, 1.807) is 30.1 Å². The molecule has 3 heterocycles. The molecule has 1 aromatic carbocycles. The van der Waals surface area contributed by atoms with Gasteiger partial charge in [-0.2, -0.15) is 22.5 Å². The number of hydrogen-bond donors (Lipinski definition) is 2. The predicted octanol–water partition coefficient (Wildman–Crippen LogP) is 0.353. The van der Waals surface area contributed by atoms with Crippen LogP contribution >= 0.6 is 0 Å². The predicted molar refractivity (Wildman–Crippen MR) is 103 cm³/mol. The number of hydrogen-bond acceptors (Lipinski definition) is 6. The van der Waals surface area contributed by atoms with Crippen molar-refractivity contribution in [3.05, 3.63) is 41.2 Å². The highest BCUT2D eigenvalue weighted by atomic mass is 32.2. The van der Waals surface area contributed by atoms with E-state index in [-0.39, 0.29) is 19.2 Å². The van der Waals surface area contributed by atoms with Gasteiger partial charge in [0.05, 0.1) is 12.2 Å². The molecule has 1 saturated heterocycles. The molecule has 0 aliphatic carbocycles. The Morgan fingerprint density at radius 2 is 2.07 bits per heavy atom. The third-order valence-corrected chi connectivity index (χ3v) is 7.02. The average Bonchev–Trinajstić information content (AvgIpc) is 3.28. The number of nitrogens with zero attached hydrogens (tertiary/aromatic N) is 3. The zero-order valence-electron chi connectivity index (χ0n) is 16.4. The highest BCUT2D eigenvalue weighted by Crippen LogP contribution is 2.33. The molecule has 2 atom stereocenters. The molecular weight excluding hydrogens is 398 g/mol. The van der Waals surface area contributed by atoms with Crippen LogP contribution in [0.15, 0.2) is 24.4 Å². The fourth-order valence-corrected chi connectivity index (χ4v) is 4.79. The van der Waals surface area contributed by atoms with Crippen LogP contribution in [-0.2, 0) is 28.6 Å². The monoisotopic (exact) mass is 421 g/mol. The number of carbonyl (C=O) groups excluding carboxylic acids is 1. The molecule has 1 fully saturated rings. The zero-order valence-corrected chi connectivity index (χ0v) is 17.2. The van der Waals surface area contributed by atoms with E-state index in [2.05, 4.69) is 15.1 Å². The van der Waals surface area contributed by atoms with Crippen molar-refractivity contribution in [2.45, 2.75) is 32.0 Å². The summed E-state index contributed by atoms with van der Waals surface area (Å²) in [5.74, 6) is 0.936. The van der Waals surface area contributed by atoms with Gasteiger partial charge in [-0.3, -0.25) is 9.48 Å². The number of fused-ring (bicyclic) bond motifs is 1. The number of aromatic nitrogens is 2. The molecular formula is C18H23N5O5S. The minimum absolute atomic E-state index is 0.179. The standard InChI is InChI=1S/C18H23N5O5S/c1-11-13(9-20-22(11)2)14-7-15(23(3)29(25,26)21-14)18(24)19-8-12-4-5-16-17(6-12)28-10-27-16/h4-6,9,14-15,21H,7-8,10H2,1-3H3,(H,19,24). The Balaban J connectivity index is 1.49. The molecule has 1 aromatic heterocycles. The molecule has 156 valence electrons. The Labute approximate surface area is 169 Å². The summed E-state index contributed by atoms with van der Waals surface area (Å²) in [6.07, 6.45) is 1.94. The molecule has 2 aliphatic heterocycles. The zero-order chi connectivity index (χ0) is 20.8. The molecule has 1 amide bonds. The highest BCUT2D eigenvalue weighted by Gasteiger charge is 2.41. The molecule has 0 bridgehead atoms. The number of amides is 1. The van der Waals surface area contributed by atoms with Crippen LogP contribution < -0.4 is 19.5 Å². The summed E-state index contributed by atoms with van der Waals surface area (Å²) in [7, 11) is -0.611. The Morgan fingerprint density at radius 3 is 2.79 bits per heavy atom. The second-order valence-electron chi connectivity index (χ2n) is 7.16. The van der Waals surface area contributed by atoms with E-state index in [1.165, 1.54) is 7.05 Å². The maximum Gasteiger partial charge on any atom is 0.280 e. The lowest BCUT2D eigenvalue weighted by Gasteiger charge is -2.36. The van der Waals surface area contributed by atoms with Crippen LogP contribution in [0.3, 0.4) is 0 Å². The topological polar surface area (TPSA) is 115 Å². The smallest absolute Gasteiger partial charge is 0.280 e. The normalized spacial score (nSPS) is 23.1. The lowest BCUT2D eigenvalue weighted by molar-refractivity contribution is -0.125. The van der Waals surface area contributed by atoms with E-state index in [0.29, 0.717) is 17.9 Å². The maximum absolute atomic E-state index is 12.8. The van der Waals surface area contributed by atoms with Crippen molar-refractivity contribution in [3.63, 3.8) is 0 Å². The molecule has 0 saturated carbocycles. The van der Waals surface area contributed by atoms with Crippen LogP contribution in [0.4, 0.5) is 0 Å². The summed E-state index contributed by atoms with van der Waals surface area (Å²) in [5.41, 5.74) is 2.45. The first-order chi connectivity index (χ1) is 13.8. The molecule has 2 aromatic rings. The van der Waals surface area contributed by atoms with Crippen LogP contribution in [0.25, 0.3) is 0 Å². The van der Waals surface area contributed by atoms with Crippen LogP contribution in [0.1, 0.15) is 29.3 Å². The first-order valence-electron chi connectivity index (χ1n) is 9.16. The summed E-state index contributed by atoms with van der Waals surface area (Å²) in [6, 6.07) is 4.06. The van der Waals surface area contributed by atoms with E-state index in [0.717, 1.165) is 21.1 Å². The minimum Gasteiger partial charge on any atom is -0.454 e. The van der Waals surface area contributed by atoms with Crippen LogP contribution in [-0.4, -0.2) is 48.3 Å². The highest BCUT2D eigenvalue weighted by molar-refractivity contribution is 7.87. The van der Waals surface area contributed by atoms with E-state index < -0.39 is 22.3 Å². The summed E-state index contributed by atoms with van der Waals surface area (Å²) in [5, 5.41) is 7.01. The fourth-order valence-electron chi connectivity index (χ4n) is 3.53. The molecule has 2 N–H and O–H groups in total. The molecule has 10 nitrogen and oxygen atoms in total. The van der Waals surface area contributed by atoms with Crippen molar-refractivity contribution < 1.29 is 22.7 Å². The Hall–Kier alpha value is -2.63. The van der Waals surface area contributed by atoms with Gasteiger partial charge in [0.2, 0.25) is 12.7 Å². The Morgan fingerprint density at radius 1 is 1.31 bits per heavy atom. The van der Waals surface area contributed by atoms with Crippen LogP contribution in [0.5, 0.6) is 11.5 Å². The van der Waals surface area contributed by atoms with E-state index in [1.807, 2.05) is 13.0 Å². The van der Waals surface area contributed by atoms with Crippen molar-refractivity contribution in [1.82, 2.24) is 24.1 Å². The van der Waals surface area contributed by atoms with E-state index in [9.17, 15) is 13.2 Å². The first-order valence-corrected chi connectivity index (χ1v) is 10.6. The van der Waals surface area contributed by atoms with Gasteiger partial charge in [-0.05, 0) is 31.0 Å². The summed E-state index contributed by atoms with van der Waals surface area (Å²) in [6.45, 7) is 2.30. The number of ether oxygens (including phenoxy) is 2. The fraction of sp³-hybridized carbons (Fsp3) is 0.444. The summed E-state index contributed by atoms with van der Waals surface area (Å²) < 4.78 is 41.2. The number of carbonyl (C=O) groups is 1. The maximum atomic E-state index is 12.8. The van der Waals surface area contributed by atoms with Crippen molar-refractivity contribution in [3.8, 4) is 11.5 Å². The molecule has 2 unspecified atom stereocenters. The quantitative estimate of drug-likeness (QED) is 0.736. The van der Waals surface area contributed by atoms with E-state index >= 15 is 0 Å². The number of likely N-dealkylation sites (N-methyl/N-ethyl adjacent to an activating group) is 1.